The molecule has 4 aromatic rings. The molecule has 0 unspecified atom stereocenters. The minimum Gasteiger partial charge on any atom is -0.457 e. The van der Waals surface area contributed by atoms with Gasteiger partial charge in [0, 0.05) is 37.4 Å². The minimum atomic E-state index is -0.174. The van der Waals surface area contributed by atoms with Gasteiger partial charge in [0.05, 0.1) is 11.6 Å². The van der Waals surface area contributed by atoms with Crippen molar-refractivity contribution >= 4 is 11.7 Å². The summed E-state index contributed by atoms with van der Waals surface area (Å²) in [5, 5.41) is 13.3. The van der Waals surface area contributed by atoms with Gasteiger partial charge in [-0.05, 0) is 60.7 Å². The Morgan fingerprint density at radius 2 is 1.47 bits per heavy atom. The highest BCUT2D eigenvalue weighted by atomic mass is 16.5. The molecule has 1 saturated heterocycles. The maximum absolute atomic E-state index is 12.9. The van der Waals surface area contributed by atoms with Crippen LogP contribution in [0.15, 0.2) is 85.2 Å². The van der Waals surface area contributed by atoms with Gasteiger partial charge in [0.15, 0.2) is 5.82 Å². The standard InChI is InChI=1S/C26H22N6O2.C2H6/c27-18-20-6-10-23(11-7-20)34-24-12-8-21(9-13-24)25-28-19-32(29-25)26(33)31-16-14-30(15-17-31)22-4-2-1-3-5-22;1-2/h1-13,19H,14-17H2;1-2H3. The lowest BCUT2D eigenvalue weighted by atomic mass is 10.2. The molecule has 1 fully saturated rings. The average Bonchev–Trinajstić information content (AvgIpc) is 3.46. The van der Waals surface area contributed by atoms with Crippen LogP contribution in [-0.2, 0) is 0 Å². The third-order valence-corrected chi connectivity index (χ3v) is 5.69. The second-order valence-electron chi connectivity index (χ2n) is 7.87. The average molecular weight is 481 g/mol. The number of carbonyl (C=O) groups is 1. The summed E-state index contributed by atoms with van der Waals surface area (Å²) in [6.07, 6.45) is 1.46. The fraction of sp³-hybridized carbons (Fsp3) is 0.214. The first-order valence-electron chi connectivity index (χ1n) is 12.0. The van der Waals surface area contributed by atoms with Crippen molar-refractivity contribution in [3.8, 4) is 29.0 Å². The summed E-state index contributed by atoms with van der Waals surface area (Å²) < 4.78 is 7.11. The molecule has 0 spiro atoms. The number of anilines is 1. The zero-order chi connectivity index (χ0) is 25.3. The zero-order valence-electron chi connectivity index (χ0n) is 20.4. The molecule has 1 aromatic heterocycles. The highest BCUT2D eigenvalue weighted by Crippen LogP contribution is 2.24. The number of carbonyl (C=O) groups excluding carboxylic acids is 1. The van der Waals surface area contributed by atoms with Crippen LogP contribution in [0.1, 0.15) is 19.4 Å². The lowest BCUT2D eigenvalue weighted by Crippen LogP contribution is -2.50. The summed E-state index contributed by atoms with van der Waals surface area (Å²) >= 11 is 0. The highest BCUT2D eigenvalue weighted by molar-refractivity contribution is 5.76. The molecule has 5 rings (SSSR count). The van der Waals surface area contributed by atoms with E-state index in [1.165, 1.54) is 16.7 Å². The van der Waals surface area contributed by atoms with Crippen LogP contribution in [0.3, 0.4) is 0 Å². The Labute approximate surface area is 211 Å². The Kier molecular flexibility index (Phi) is 7.94. The van der Waals surface area contributed by atoms with Crippen molar-refractivity contribution in [1.29, 1.82) is 5.26 Å². The maximum atomic E-state index is 12.9. The molecule has 0 N–H and O–H groups in total. The molecular weight excluding hydrogens is 452 g/mol. The normalized spacial score (nSPS) is 12.8. The van der Waals surface area contributed by atoms with Gasteiger partial charge in [-0.15, -0.1) is 5.10 Å². The minimum absolute atomic E-state index is 0.174. The van der Waals surface area contributed by atoms with Crippen LogP contribution in [0.25, 0.3) is 11.4 Å². The third-order valence-electron chi connectivity index (χ3n) is 5.69. The topological polar surface area (TPSA) is 87.3 Å². The number of piperazine rings is 1. The molecule has 1 amide bonds. The predicted octanol–water partition coefficient (Wildman–Crippen LogP) is 5.43. The quantitative estimate of drug-likeness (QED) is 0.387. The molecule has 8 nitrogen and oxygen atoms in total. The van der Waals surface area contributed by atoms with E-state index in [2.05, 4.69) is 33.2 Å². The monoisotopic (exact) mass is 480 g/mol. The Balaban J connectivity index is 0.00000148. The van der Waals surface area contributed by atoms with E-state index in [9.17, 15) is 4.79 Å². The lowest BCUT2D eigenvalue weighted by Gasteiger charge is -2.35. The van der Waals surface area contributed by atoms with Gasteiger partial charge < -0.3 is 14.5 Å². The number of nitrogens with zero attached hydrogens (tertiary/aromatic N) is 6. The van der Waals surface area contributed by atoms with Crippen LogP contribution in [0.2, 0.25) is 0 Å². The summed E-state index contributed by atoms with van der Waals surface area (Å²) in [6.45, 7) is 6.81. The zero-order valence-corrected chi connectivity index (χ0v) is 20.4. The van der Waals surface area contributed by atoms with E-state index in [-0.39, 0.29) is 6.03 Å². The molecule has 3 aromatic carbocycles. The second-order valence-corrected chi connectivity index (χ2v) is 7.87. The van der Waals surface area contributed by atoms with Gasteiger partial charge in [-0.25, -0.2) is 9.78 Å². The molecule has 0 atom stereocenters. The number of benzene rings is 3. The van der Waals surface area contributed by atoms with Gasteiger partial charge in [-0.1, -0.05) is 32.0 Å². The fourth-order valence-corrected chi connectivity index (χ4v) is 3.83. The van der Waals surface area contributed by atoms with E-state index in [1.807, 2.05) is 56.3 Å². The van der Waals surface area contributed by atoms with Gasteiger partial charge >= 0.3 is 6.03 Å². The molecule has 8 heteroatoms. The molecule has 0 radical (unpaired) electrons. The maximum Gasteiger partial charge on any atom is 0.346 e. The van der Waals surface area contributed by atoms with E-state index >= 15 is 0 Å². The highest BCUT2D eigenvalue weighted by Gasteiger charge is 2.23. The van der Waals surface area contributed by atoms with E-state index < -0.39 is 0 Å². The molecule has 0 saturated carbocycles. The molecule has 0 bridgehead atoms. The van der Waals surface area contributed by atoms with Crippen LogP contribution in [-0.4, -0.2) is 51.9 Å². The molecule has 2 heterocycles. The van der Waals surface area contributed by atoms with Crippen molar-refractivity contribution < 1.29 is 9.53 Å². The SMILES string of the molecule is CC.N#Cc1ccc(Oc2ccc(-c3ncn(C(=O)N4CCN(c5ccccc5)CC4)n3)cc2)cc1. The van der Waals surface area contributed by atoms with Crippen LogP contribution >= 0.6 is 0 Å². The number of nitriles is 1. The molecule has 1 aliphatic rings. The van der Waals surface area contributed by atoms with Gasteiger partial charge in [0.25, 0.3) is 0 Å². The van der Waals surface area contributed by atoms with Crippen molar-refractivity contribution in [2.24, 2.45) is 0 Å². The Morgan fingerprint density at radius 3 is 2.08 bits per heavy atom. The van der Waals surface area contributed by atoms with E-state index in [4.69, 9.17) is 10.00 Å². The van der Waals surface area contributed by atoms with Crippen molar-refractivity contribution in [2.75, 3.05) is 31.1 Å². The molecular formula is C28H28N6O2. The first-order valence-corrected chi connectivity index (χ1v) is 12.0. The van der Waals surface area contributed by atoms with Gasteiger partial charge in [-0.2, -0.15) is 9.94 Å². The Hall–Kier alpha value is -4.64. The van der Waals surface area contributed by atoms with E-state index in [1.54, 1.807) is 29.2 Å². The Morgan fingerprint density at radius 1 is 0.861 bits per heavy atom. The first kappa shape index (κ1) is 24.5. The third kappa shape index (κ3) is 5.70. The molecule has 182 valence electrons. The van der Waals surface area contributed by atoms with Gasteiger partial charge in [0.1, 0.15) is 17.8 Å². The predicted molar refractivity (Wildman–Crippen MR) is 139 cm³/mol. The van der Waals surface area contributed by atoms with Crippen LogP contribution in [0.5, 0.6) is 11.5 Å². The van der Waals surface area contributed by atoms with Crippen LogP contribution in [0, 0.1) is 11.3 Å². The number of amides is 1. The van der Waals surface area contributed by atoms with E-state index in [0.717, 1.165) is 18.7 Å². The smallest absolute Gasteiger partial charge is 0.346 e. The second kappa shape index (κ2) is 11.7. The molecule has 1 aliphatic heterocycles. The number of para-hydroxylation sites is 1. The van der Waals surface area contributed by atoms with Crippen LogP contribution in [0.4, 0.5) is 10.5 Å². The first-order chi connectivity index (χ1) is 17.7. The summed E-state index contributed by atoms with van der Waals surface area (Å²) in [6, 6.07) is 26.4. The van der Waals surface area contributed by atoms with Gasteiger partial charge in [0.2, 0.25) is 0 Å². The van der Waals surface area contributed by atoms with Crippen LogP contribution < -0.4 is 9.64 Å². The summed E-state index contributed by atoms with van der Waals surface area (Å²) in [5.74, 6) is 1.77. The lowest BCUT2D eigenvalue weighted by molar-refractivity contribution is 0.192. The molecule has 0 aliphatic carbocycles. The number of rotatable bonds is 4. The fourth-order valence-electron chi connectivity index (χ4n) is 3.83. The largest absolute Gasteiger partial charge is 0.457 e. The van der Waals surface area contributed by atoms with E-state index in [0.29, 0.717) is 36.0 Å². The number of hydrogen-bond acceptors (Lipinski definition) is 6. The van der Waals surface area contributed by atoms with Crippen molar-refractivity contribution in [3.63, 3.8) is 0 Å². The molecule has 36 heavy (non-hydrogen) atoms. The summed E-state index contributed by atoms with van der Waals surface area (Å²) in [5.41, 5.74) is 2.54. The Bertz CT molecular complexity index is 1300. The van der Waals surface area contributed by atoms with Gasteiger partial charge in [-0.3, -0.25) is 0 Å². The number of aromatic nitrogens is 3. The van der Waals surface area contributed by atoms with Crippen molar-refractivity contribution in [3.05, 3.63) is 90.8 Å². The summed E-state index contributed by atoms with van der Waals surface area (Å²) in [7, 11) is 0. The summed E-state index contributed by atoms with van der Waals surface area (Å²) in [4.78, 5) is 21.3. The number of ether oxygens (including phenoxy) is 1. The van der Waals surface area contributed by atoms with Crippen molar-refractivity contribution in [2.45, 2.75) is 13.8 Å². The van der Waals surface area contributed by atoms with Crippen molar-refractivity contribution in [1.82, 2.24) is 19.7 Å². The number of hydrogen-bond donors (Lipinski definition) is 0.